The first kappa shape index (κ1) is 21.0. The van der Waals surface area contributed by atoms with E-state index in [-0.39, 0.29) is 18.2 Å². The van der Waals surface area contributed by atoms with Crippen molar-refractivity contribution in [3.63, 3.8) is 0 Å². The number of benzene rings is 2. The molecule has 0 aliphatic heterocycles. The quantitative estimate of drug-likeness (QED) is 0.741. The molecule has 1 N–H and O–H groups in total. The zero-order valence-corrected chi connectivity index (χ0v) is 16.9. The number of nitrogens with one attached hydrogen (secondary N) is 1. The van der Waals surface area contributed by atoms with Crippen LogP contribution in [0.1, 0.15) is 37.0 Å². The number of carbonyl (C=O) groups excluding carboxylic acids is 2. The van der Waals surface area contributed by atoms with E-state index in [0.29, 0.717) is 24.5 Å². The summed E-state index contributed by atoms with van der Waals surface area (Å²) >= 11 is 5.97. The van der Waals surface area contributed by atoms with E-state index in [0.717, 1.165) is 16.7 Å². The molecule has 1 unspecified atom stereocenters. The van der Waals surface area contributed by atoms with Crippen LogP contribution in [0.15, 0.2) is 48.5 Å². The van der Waals surface area contributed by atoms with Gasteiger partial charge in [-0.3, -0.25) is 9.59 Å². The molecule has 27 heavy (non-hydrogen) atoms. The third-order valence-corrected chi connectivity index (χ3v) is 4.73. The Morgan fingerprint density at radius 3 is 2.15 bits per heavy atom. The summed E-state index contributed by atoms with van der Waals surface area (Å²) in [6, 6.07) is 14.8. The Labute approximate surface area is 166 Å². The molecule has 0 bridgehead atoms. The van der Waals surface area contributed by atoms with Crippen LogP contribution in [0, 0.1) is 6.92 Å². The zero-order valence-electron chi connectivity index (χ0n) is 16.2. The Morgan fingerprint density at radius 2 is 1.59 bits per heavy atom. The topological polar surface area (TPSA) is 49.4 Å². The van der Waals surface area contributed by atoms with Gasteiger partial charge >= 0.3 is 0 Å². The Kier molecular flexibility index (Phi) is 7.86. The van der Waals surface area contributed by atoms with E-state index in [4.69, 9.17) is 11.6 Å². The van der Waals surface area contributed by atoms with Crippen LogP contribution in [0.5, 0.6) is 0 Å². The lowest BCUT2D eigenvalue weighted by atomic mass is 10.1. The van der Waals surface area contributed by atoms with Gasteiger partial charge in [-0.1, -0.05) is 60.5 Å². The summed E-state index contributed by atoms with van der Waals surface area (Å²) in [5.41, 5.74) is 3.04. The van der Waals surface area contributed by atoms with E-state index in [1.807, 2.05) is 57.2 Å². The lowest BCUT2D eigenvalue weighted by Crippen LogP contribution is -2.49. The van der Waals surface area contributed by atoms with Crippen LogP contribution in [-0.2, 0) is 22.6 Å². The Morgan fingerprint density at radius 1 is 1.00 bits per heavy atom. The van der Waals surface area contributed by atoms with Gasteiger partial charge in [0, 0.05) is 18.1 Å². The van der Waals surface area contributed by atoms with Gasteiger partial charge in [-0.15, -0.1) is 0 Å². The smallest absolute Gasteiger partial charge is 0.242 e. The van der Waals surface area contributed by atoms with E-state index in [1.54, 1.807) is 17.0 Å². The van der Waals surface area contributed by atoms with Gasteiger partial charge in [0.25, 0.3) is 0 Å². The minimum atomic E-state index is -0.501. The van der Waals surface area contributed by atoms with Crippen molar-refractivity contribution in [3.05, 3.63) is 70.2 Å². The summed E-state index contributed by atoms with van der Waals surface area (Å²) in [7, 11) is 0. The maximum absolute atomic E-state index is 13.1. The first-order valence-corrected chi connectivity index (χ1v) is 9.69. The molecule has 0 saturated heterocycles. The minimum absolute atomic E-state index is 0.0630. The number of carbonyl (C=O) groups is 2. The molecule has 2 aromatic carbocycles. The molecule has 4 nitrogen and oxygen atoms in total. The number of aryl methyl sites for hydroxylation is 1. The van der Waals surface area contributed by atoms with Crippen molar-refractivity contribution < 1.29 is 9.59 Å². The highest BCUT2D eigenvalue weighted by Gasteiger charge is 2.28. The molecule has 0 heterocycles. The van der Waals surface area contributed by atoms with Crippen molar-refractivity contribution in [2.45, 2.75) is 46.2 Å². The Bertz CT molecular complexity index is 757. The standard InChI is InChI=1S/C22H27ClN2O2/c1-4-20(22(27)24-5-2)25(15-18-10-12-19(23)13-11-18)21(26)14-17-8-6-16(3)7-9-17/h6-13,20H,4-5,14-15H2,1-3H3,(H,24,27). The predicted octanol–water partition coefficient (Wildman–Crippen LogP) is 4.13. The van der Waals surface area contributed by atoms with Crippen LogP contribution >= 0.6 is 11.6 Å². The average molecular weight is 387 g/mol. The highest BCUT2D eigenvalue weighted by molar-refractivity contribution is 6.30. The third kappa shape index (κ3) is 6.10. The van der Waals surface area contributed by atoms with Gasteiger partial charge in [-0.05, 0) is 43.5 Å². The molecule has 2 rings (SSSR count). The molecule has 1 atom stereocenters. The fourth-order valence-corrected chi connectivity index (χ4v) is 3.11. The van der Waals surface area contributed by atoms with E-state index in [2.05, 4.69) is 5.32 Å². The van der Waals surface area contributed by atoms with Crippen LogP contribution in [-0.4, -0.2) is 29.3 Å². The minimum Gasteiger partial charge on any atom is -0.355 e. The molecule has 0 aliphatic carbocycles. The van der Waals surface area contributed by atoms with Crippen molar-refractivity contribution in [2.75, 3.05) is 6.54 Å². The summed E-state index contributed by atoms with van der Waals surface area (Å²) in [4.78, 5) is 27.3. The van der Waals surface area contributed by atoms with Crippen LogP contribution < -0.4 is 5.32 Å². The Balaban J connectivity index is 2.25. The SMILES string of the molecule is CCNC(=O)C(CC)N(Cc1ccc(Cl)cc1)C(=O)Cc1ccc(C)cc1. The van der Waals surface area contributed by atoms with Crippen molar-refractivity contribution >= 4 is 23.4 Å². The molecule has 0 radical (unpaired) electrons. The van der Waals surface area contributed by atoms with Gasteiger partial charge in [0.1, 0.15) is 6.04 Å². The second-order valence-electron chi connectivity index (χ2n) is 6.63. The molecule has 2 amide bonds. The van der Waals surface area contributed by atoms with Crippen LogP contribution in [0.4, 0.5) is 0 Å². The molecule has 0 fully saturated rings. The summed E-state index contributed by atoms with van der Waals surface area (Å²) in [6.45, 7) is 6.73. The number of halogens is 1. The zero-order chi connectivity index (χ0) is 19.8. The van der Waals surface area contributed by atoms with Gasteiger partial charge in [-0.2, -0.15) is 0 Å². The van der Waals surface area contributed by atoms with Gasteiger partial charge < -0.3 is 10.2 Å². The summed E-state index contributed by atoms with van der Waals surface area (Å²) in [6.07, 6.45) is 0.822. The molecular formula is C22H27ClN2O2. The predicted molar refractivity (Wildman–Crippen MR) is 110 cm³/mol. The molecule has 2 aromatic rings. The van der Waals surface area contributed by atoms with Gasteiger partial charge in [0.15, 0.2) is 0 Å². The largest absolute Gasteiger partial charge is 0.355 e. The molecule has 144 valence electrons. The number of hydrogen-bond acceptors (Lipinski definition) is 2. The van der Waals surface area contributed by atoms with Crippen molar-refractivity contribution in [1.29, 1.82) is 0 Å². The fraction of sp³-hybridized carbons (Fsp3) is 0.364. The molecule has 0 aliphatic rings. The monoisotopic (exact) mass is 386 g/mol. The number of rotatable bonds is 8. The second kappa shape index (κ2) is 10.1. The molecule has 0 spiro atoms. The maximum Gasteiger partial charge on any atom is 0.242 e. The summed E-state index contributed by atoms with van der Waals surface area (Å²) in [5.74, 6) is -0.182. The highest BCUT2D eigenvalue weighted by atomic mass is 35.5. The highest BCUT2D eigenvalue weighted by Crippen LogP contribution is 2.17. The van der Waals surface area contributed by atoms with E-state index < -0.39 is 6.04 Å². The fourth-order valence-electron chi connectivity index (χ4n) is 2.98. The average Bonchev–Trinajstić information content (AvgIpc) is 2.65. The Hall–Kier alpha value is -2.33. The lowest BCUT2D eigenvalue weighted by molar-refractivity contribution is -0.140. The van der Waals surface area contributed by atoms with Crippen molar-refractivity contribution in [2.24, 2.45) is 0 Å². The number of amides is 2. The summed E-state index contributed by atoms with van der Waals surface area (Å²) < 4.78 is 0. The van der Waals surface area contributed by atoms with Gasteiger partial charge in [0.05, 0.1) is 6.42 Å². The third-order valence-electron chi connectivity index (χ3n) is 4.48. The van der Waals surface area contributed by atoms with Crippen molar-refractivity contribution in [1.82, 2.24) is 10.2 Å². The van der Waals surface area contributed by atoms with E-state index in [1.165, 1.54) is 0 Å². The molecular weight excluding hydrogens is 360 g/mol. The molecule has 0 aromatic heterocycles. The van der Waals surface area contributed by atoms with Crippen molar-refractivity contribution in [3.8, 4) is 0 Å². The van der Waals surface area contributed by atoms with Crippen LogP contribution in [0.3, 0.4) is 0 Å². The number of hydrogen-bond donors (Lipinski definition) is 1. The maximum atomic E-state index is 13.1. The lowest BCUT2D eigenvalue weighted by Gasteiger charge is -2.30. The van der Waals surface area contributed by atoms with Gasteiger partial charge in [0.2, 0.25) is 11.8 Å². The number of likely N-dealkylation sites (N-methyl/N-ethyl adjacent to an activating group) is 1. The number of nitrogens with zero attached hydrogens (tertiary/aromatic N) is 1. The van der Waals surface area contributed by atoms with E-state index >= 15 is 0 Å². The van der Waals surface area contributed by atoms with E-state index in [9.17, 15) is 9.59 Å². The second-order valence-corrected chi connectivity index (χ2v) is 7.07. The van der Waals surface area contributed by atoms with Crippen LogP contribution in [0.2, 0.25) is 5.02 Å². The molecule has 0 saturated carbocycles. The van der Waals surface area contributed by atoms with Crippen LogP contribution in [0.25, 0.3) is 0 Å². The van der Waals surface area contributed by atoms with Gasteiger partial charge in [-0.25, -0.2) is 0 Å². The molecule has 5 heteroatoms. The summed E-state index contributed by atoms with van der Waals surface area (Å²) in [5, 5.41) is 3.49. The first-order valence-electron chi connectivity index (χ1n) is 9.31. The normalized spacial score (nSPS) is 11.7. The first-order chi connectivity index (χ1) is 12.9.